The first kappa shape index (κ1) is 13.9. The lowest BCUT2D eigenvalue weighted by Gasteiger charge is -2.09. The van der Waals surface area contributed by atoms with Crippen molar-refractivity contribution in [3.63, 3.8) is 0 Å². The molecule has 0 bridgehead atoms. The predicted molar refractivity (Wildman–Crippen MR) is 77.4 cm³/mol. The summed E-state index contributed by atoms with van der Waals surface area (Å²) in [5.41, 5.74) is 0.924. The van der Waals surface area contributed by atoms with E-state index >= 15 is 0 Å². The maximum atomic E-state index is 10.7. The van der Waals surface area contributed by atoms with Gasteiger partial charge in [0, 0.05) is 22.1 Å². The fourth-order valence-corrected chi connectivity index (χ4v) is 2.15. The second-order valence-electron chi connectivity index (χ2n) is 4.39. The highest BCUT2D eigenvalue weighted by Gasteiger charge is 2.14. The van der Waals surface area contributed by atoms with Crippen molar-refractivity contribution >= 4 is 28.6 Å². The van der Waals surface area contributed by atoms with Gasteiger partial charge in [-0.15, -0.1) is 5.10 Å². The van der Waals surface area contributed by atoms with E-state index in [1.165, 1.54) is 0 Å². The van der Waals surface area contributed by atoms with E-state index in [1.54, 1.807) is 4.68 Å². The molecular formula is C12H13IN4O2. The summed E-state index contributed by atoms with van der Waals surface area (Å²) in [5, 5.41) is 20.4. The van der Waals surface area contributed by atoms with Crippen molar-refractivity contribution in [2.24, 2.45) is 5.92 Å². The van der Waals surface area contributed by atoms with Crippen molar-refractivity contribution in [1.82, 2.24) is 20.2 Å². The van der Waals surface area contributed by atoms with Crippen LogP contribution in [0.15, 0.2) is 24.3 Å². The number of benzene rings is 1. The third kappa shape index (κ3) is 3.72. The monoisotopic (exact) mass is 372 g/mol. The van der Waals surface area contributed by atoms with Crippen LogP contribution in [0.25, 0.3) is 11.4 Å². The number of halogens is 1. The Morgan fingerprint density at radius 2 is 2.11 bits per heavy atom. The Bertz CT molecular complexity index is 567. The molecule has 1 N–H and O–H groups in total. The maximum absolute atomic E-state index is 10.7. The average Bonchev–Trinajstić information content (AvgIpc) is 2.77. The van der Waals surface area contributed by atoms with E-state index in [0.717, 1.165) is 9.13 Å². The number of rotatable bonds is 5. The molecule has 1 aromatic carbocycles. The SMILES string of the molecule is CC(CC(=O)O)Cn1nnnc1-c1ccc(I)cc1. The highest BCUT2D eigenvalue weighted by molar-refractivity contribution is 14.1. The first-order chi connectivity index (χ1) is 9.06. The summed E-state index contributed by atoms with van der Waals surface area (Å²) in [6, 6.07) is 7.86. The van der Waals surface area contributed by atoms with Crippen LogP contribution in [-0.2, 0) is 11.3 Å². The molecule has 1 atom stereocenters. The highest BCUT2D eigenvalue weighted by Crippen LogP contribution is 2.18. The molecule has 1 aromatic heterocycles. The second-order valence-corrected chi connectivity index (χ2v) is 5.64. The van der Waals surface area contributed by atoms with Crippen LogP contribution in [0.2, 0.25) is 0 Å². The van der Waals surface area contributed by atoms with Crippen LogP contribution in [0.4, 0.5) is 0 Å². The van der Waals surface area contributed by atoms with Crippen LogP contribution in [0.3, 0.4) is 0 Å². The van der Waals surface area contributed by atoms with Gasteiger partial charge in [0.2, 0.25) is 0 Å². The molecule has 100 valence electrons. The zero-order valence-corrected chi connectivity index (χ0v) is 12.5. The Labute approximate surface area is 124 Å². The molecular weight excluding hydrogens is 359 g/mol. The molecule has 0 spiro atoms. The van der Waals surface area contributed by atoms with Gasteiger partial charge in [-0.1, -0.05) is 19.1 Å². The molecule has 6 nitrogen and oxygen atoms in total. The van der Waals surface area contributed by atoms with E-state index < -0.39 is 5.97 Å². The van der Waals surface area contributed by atoms with Crippen LogP contribution in [0, 0.1) is 9.49 Å². The molecule has 0 fully saturated rings. The van der Waals surface area contributed by atoms with Crippen LogP contribution in [0.5, 0.6) is 0 Å². The van der Waals surface area contributed by atoms with E-state index in [2.05, 4.69) is 38.1 Å². The zero-order chi connectivity index (χ0) is 13.8. The average molecular weight is 372 g/mol. The summed E-state index contributed by atoms with van der Waals surface area (Å²) in [7, 11) is 0. The minimum atomic E-state index is -0.809. The van der Waals surface area contributed by atoms with Gasteiger partial charge >= 0.3 is 5.97 Å². The molecule has 0 aliphatic carbocycles. The Hall–Kier alpha value is -1.51. The van der Waals surface area contributed by atoms with Crippen LogP contribution < -0.4 is 0 Å². The first-order valence-corrected chi connectivity index (χ1v) is 6.88. The molecule has 0 aliphatic rings. The Kier molecular flexibility index (Phi) is 4.46. The van der Waals surface area contributed by atoms with Gasteiger partial charge in [-0.05, 0) is 51.1 Å². The van der Waals surface area contributed by atoms with Gasteiger partial charge in [-0.2, -0.15) is 0 Å². The highest BCUT2D eigenvalue weighted by atomic mass is 127. The molecule has 0 radical (unpaired) electrons. The summed E-state index contributed by atoms with van der Waals surface area (Å²) in [6.07, 6.45) is 0.103. The number of hydrogen-bond acceptors (Lipinski definition) is 4. The van der Waals surface area contributed by atoms with Crippen molar-refractivity contribution in [1.29, 1.82) is 0 Å². The van der Waals surface area contributed by atoms with Gasteiger partial charge < -0.3 is 5.11 Å². The standard InChI is InChI=1S/C12H13IN4O2/c1-8(6-11(18)19)7-17-12(14-15-16-17)9-2-4-10(13)5-3-9/h2-5,8H,6-7H2,1H3,(H,18,19). The van der Waals surface area contributed by atoms with Crippen molar-refractivity contribution < 1.29 is 9.90 Å². The minimum absolute atomic E-state index is 0.0244. The van der Waals surface area contributed by atoms with E-state index in [4.69, 9.17) is 5.11 Å². The molecule has 0 saturated heterocycles. The molecule has 19 heavy (non-hydrogen) atoms. The smallest absolute Gasteiger partial charge is 0.303 e. The van der Waals surface area contributed by atoms with E-state index in [0.29, 0.717) is 12.4 Å². The number of carboxylic acids is 1. The number of nitrogens with zero attached hydrogens (tertiary/aromatic N) is 4. The number of aromatic nitrogens is 4. The molecule has 0 aliphatic heterocycles. The number of carbonyl (C=O) groups is 1. The lowest BCUT2D eigenvalue weighted by atomic mass is 10.1. The van der Waals surface area contributed by atoms with Crippen LogP contribution in [0.1, 0.15) is 13.3 Å². The number of aliphatic carboxylic acids is 1. The van der Waals surface area contributed by atoms with Gasteiger partial charge in [0.15, 0.2) is 5.82 Å². The van der Waals surface area contributed by atoms with Crippen LogP contribution >= 0.6 is 22.6 Å². The summed E-state index contributed by atoms with van der Waals surface area (Å²) < 4.78 is 2.79. The van der Waals surface area contributed by atoms with Crippen molar-refractivity contribution in [3.8, 4) is 11.4 Å². The second kappa shape index (κ2) is 6.09. The fraction of sp³-hybridized carbons (Fsp3) is 0.333. The third-order valence-corrected chi connectivity index (χ3v) is 3.36. The topological polar surface area (TPSA) is 80.9 Å². The van der Waals surface area contributed by atoms with Crippen LogP contribution in [-0.4, -0.2) is 31.3 Å². The Morgan fingerprint density at radius 1 is 1.42 bits per heavy atom. The van der Waals surface area contributed by atoms with Crippen molar-refractivity contribution in [3.05, 3.63) is 27.8 Å². The Balaban J connectivity index is 2.18. The first-order valence-electron chi connectivity index (χ1n) is 5.80. The van der Waals surface area contributed by atoms with Gasteiger partial charge in [-0.25, -0.2) is 4.68 Å². The summed E-state index contributed by atoms with van der Waals surface area (Å²) >= 11 is 2.23. The van der Waals surface area contributed by atoms with Gasteiger partial charge in [0.25, 0.3) is 0 Å². The quantitative estimate of drug-likeness (QED) is 0.813. The Morgan fingerprint density at radius 3 is 2.74 bits per heavy atom. The molecule has 7 heteroatoms. The number of carboxylic acid groups (broad SMARTS) is 1. The number of tetrazole rings is 1. The van der Waals surface area contributed by atoms with E-state index in [1.807, 2.05) is 31.2 Å². The number of hydrogen-bond donors (Lipinski definition) is 1. The molecule has 2 aromatic rings. The molecule has 0 saturated carbocycles. The van der Waals surface area contributed by atoms with Gasteiger partial charge in [0.05, 0.1) is 0 Å². The molecule has 1 heterocycles. The van der Waals surface area contributed by atoms with Gasteiger partial charge in [0.1, 0.15) is 0 Å². The fourth-order valence-electron chi connectivity index (χ4n) is 1.79. The summed E-state index contributed by atoms with van der Waals surface area (Å²) in [6.45, 7) is 2.36. The largest absolute Gasteiger partial charge is 0.481 e. The van der Waals surface area contributed by atoms with E-state index in [9.17, 15) is 4.79 Å². The lowest BCUT2D eigenvalue weighted by Crippen LogP contribution is -2.14. The molecule has 1 unspecified atom stereocenters. The minimum Gasteiger partial charge on any atom is -0.481 e. The van der Waals surface area contributed by atoms with Gasteiger partial charge in [-0.3, -0.25) is 4.79 Å². The lowest BCUT2D eigenvalue weighted by molar-refractivity contribution is -0.138. The predicted octanol–water partition coefficient (Wildman–Crippen LogP) is 2.06. The van der Waals surface area contributed by atoms with Crippen molar-refractivity contribution in [2.45, 2.75) is 19.9 Å². The van der Waals surface area contributed by atoms with E-state index in [-0.39, 0.29) is 12.3 Å². The molecule has 0 amide bonds. The zero-order valence-electron chi connectivity index (χ0n) is 10.3. The normalized spacial score (nSPS) is 12.3. The maximum Gasteiger partial charge on any atom is 0.303 e. The van der Waals surface area contributed by atoms with Crippen molar-refractivity contribution in [2.75, 3.05) is 0 Å². The third-order valence-electron chi connectivity index (χ3n) is 2.64. The molecule has 2 rings (SSSR count). The summed E-state index contributed by atoms with van der Waals surface area (Å²) in [5.74, 6) is -0.173. The summed E-state index contributed by atoms with van der Waals surface area (Å²) in [4.78, 5) is 10.7.